The SMILES string of the molecule is COCCOCCOCCOc1ccc(/C=C/c2cc(-c3cccs3)sc2-c2cccs2)cc1OC. The van der Waals surface area contributed by atoms with E-state index < -0.39 is 0 Å². The van der Waals surface area contributed by atoms with Gasteiger partial charge in [0.25, 0.3) is 0 Å². The Balaban J connectivity index is 1.37. The highest BCUT2D eigenvalue weighted by molar-refractivity contribution is 7.26. The lowest BCUT2D eigenvalue weighted by molar-refractivity contribution is 0.0178. The molecule has 0 bridgehead atoms. The average molecular weight is 543 g/mol. The van der Waals surface area contributed by atoms with Crippen molar-refractivity contribution in [1.82, 2.24) is 0 Å². The molecule has 4 aromatic rings. The third kappa shape index (κ3) is 7.52. The van der Waals surface area contributed by atoms with Crippen molar-refractivity contribution in [3.8, 4) is 31.0 Å². The van der Waals surface area contributed by atoms with Crippen molar-refractivity contribution < 1.29 is 23.7 Å². The second-order valence-electron chi connectivity index (χ2n) is 7.66. The molecule has 0 amide bonds. The van der Waals surface area contributed by atoms with Crippen LogP contribution in [0.4, 0.5) is 0 Å². The van der Waals surface area contributed by atoms with Crippen LogP contribution in [0.2, 0.25) is 0 Å². The van der Waals surface area contributed by atoms with E-state index in [-0.39, 0.29) is 0 Å². The Hall–Kier alpha value is -2.46. The van der Waals surface area contributed by atoms with E-state index in [2.05, 4.69) is 53.2 Å². The van der Waals surface area contributed by atoms with E-state index >= 15 is 0 Å². The second kappa shape index (κ2) is 14.3. The highest BCUT2D eigenvalue weighted by Crippen LogP contribution is 2.42. The Labute approximate surface area is 224 Å². The van der Waals surface area contributed by atoms with Crippen molar-refractivity contribution in [2.24, 2.45) is 0 Å². The smallest absolute Gasteiger partial charge is 0.161 e. The largest absolute Gasteiger partial charge is 0.493 e. The molecule has 0 spiro atoms. The molecule has 0 atom stereocenters. The van der Waals surface area contributed by atoms with Crippen LogP contribution in [-0.2, 0) is 14.2 Å². The Bertz CT molecular complexity index is 1200. The molecular weight excluding hydrogens is 513 g/mol. The average Bonchev–Trinajstić information content (AvgIpc) is 3.68. The van der Waals surface area contributed by atoms with Gasteiger partial charge in [-0.1, -0.05) is 30.4 Å². The molecule has 0 radical (unpaired) electrons. The summed E-state index contributed by atoms with van der Waals surface area (Å²) < 4.78 is 27.3. The number of benzene rings is 1. The minimum Gasteiger partial charge on any atom is -0.493 e. The van der Waals surface area contributed by atoms with E-state index in [9.17, 15) is 0 Å². The molecule has 190 valence electrons. The van der Waals surface area contributed by atoms with Gasteiger partial charge in [-0.05, 0) is 52.2 Å². The summed E-state index contributed by atoms with van der Waals surface area (Å²) in [6.45, 7) is 3.15. The van der Waals surface area contributed by atoms with Gasteiger partial charge >= 0.3 is 0 Å². The zero-order valence-corrected chi connectivity index (χ0v) is 22.9. The Morgan fingerprint density at radius 1 is 0.694 bits per heavy atom. The van der Waals surface area contributed by atoms with Crippen LogP contribution in [-0.4, -0.2) is 53.9 Å². The third-order valence-corrected chi connectivity index (χ3v) is 8.47. The number of ether oxygens (including phenoxy) is 5. The number of rotatable bonds is 15. The van der Waals surface area contributed by atoms with Gasteiger partial charge in [0.2, 0.25) is 0 Å². The minimum atomic E-state index is 0.439. The van der Waals surface area contributed by atoms with Crippen molar-refractivity contribution >= 4 is 46.2 Å². The molecule has 0 aliphatic rings. The van der Waals surface area contributed by atoms with Gasteiger partial charge in [0.15, 0.2) is 11.5 Å². The number of methoxy groups -OCH3 is 2. The predicted molar refractivity (Wildman–Crippen MR) is 152 cm³/mol. The van der Waals surface area contributed by atoms with Crippen LogP contribution in [0.1, 0.15) is 11.1 Å². The fourth-order valence-electron chi connectivity index (χ4n) is 3.44. The number of hydrogen-bond donors (Lipinski definition) is 0. The normalized spacial score (nSPS) is 11.4. The molecule has 3 aromatic heterocycles. The molecule has 3 heterocycles. The molecule has 0 aliphatic carbocycles. The van der Waals surface area contributed by atoms with Gasteiger partial charge in [-0.2, -0.15) is 0 Å². The Morgan fingerprint density at radius 2 is 1.42 bits per heavy atom. The number of thiophene rings is 3. The molecule has 0 aliphatic heterocycles. The molecule has 36 heavy (non-hydrogen) atoms. The van der Waals surface area contributed by atoms with Crippen molar-refractivity contribution in [2.75, 3.05) is 53.9 Å². The summed E-state index contributed by atoms with van der Waals surface area (Å²) >= 11 is 5.38. The molecule has 0 fully saturated rings. The van der Waals surface area contributed by atoms with Crippen molar-refractivity contribution in [1.29, 1.82) is 0 Å². The molecule has 0 saturated carbocycles. The van der Waals surface area contributed by atoms with E-state index in [1.807, 2.05) is 29.5 Å². The van der Waals surface area contributed by atoms with Crippen molar-refractivity contribution in [3.05, 3.63) is 70.4 Å². The predicted octanol–water partition coefficient (Wildman–Crippen LogP) is 7.44. The highest BCUT2D eigenvalue weighted by Gasteiger charge is 2.12. The maximum atomic E-state index is 5.87. The van der Waals surface area contributed by atoms with E-state index in [4.69, 9.17) is 23.7 Å². The summed E-state index contributed by atoms with van der Waals surface area (Å²) in [6, 6.07) is 16.8. The van der Waals surface area contributed by atoms with Crippen LogP contribution in [0.25, 0.3) is 31.7 Å². The van der Waals surface area contributed by atoms with Crippen molar-refractivity contribution in [2.45, 2.75) is 0 Å². The lowest BCUT2D eigenvalue weighted by atomic mass is 10.1. The highest BCUT2D eigenvalue weighted by atomic mass is 32.1. The van der Waals surface area contributed by atoms with E-state index in [0.29, 0.717) is 51.1 Å². The van der Waals surface area contributed by atoms with E-state index in [0.717, 1.165) is 5.56 Å². The fraction of sp³-hybridized carbons (Fsp3) is 0.286. The summed E-state index contributed by atoms with van der Waals surface area (Å²) in [5.41, 5.74) is 2.26. The summed E-state index contributed by atoms with van der Waals surface area (Å²) in [5.74, 6) is 1.40. The van der Waals surface area contributed by atoms with Gasteiger partial charge in [0, 0.05) is 21.7 Å². The fourth-order valence-corrected chi connectivity index (χ4v) is 6.29. The van der Waals surface area contributed by atoms with Crippen LogP contribution < -0.4 is 9.47 Å². The zero-order chi connectivity index (χ0) is 25.0. The topological polar surface area (TPSA) is 46.2 Å². The summed E-state index contributed by atoms with van der Waals surface area (Å²) in [5, 5.41) is 4.25. The minimum absolute atomic E-state index is 0.439. The summed E-state index contributed by atoms with van der Waals surface area (Å²) in [4.78, 5) is 5.16. The first-order chi connectivity index (χ1) is 17.8. The zero-order valence-electron chi connectivity index (χ0n) is 20.4. The second-order valence-corrected chi connectivity index (χ2v) is 10.6. The quantitative estimate of drug-likeness (QED) is 0.146. The molecular formula is C28H30O5S3. The first-order valence-electron chi connectivity index (χ1n) is 11.6. The third-order valence-electron chi connectivity index (χ3n) is 5.20. The Morgan fingerprint density at radius 3 is 2.11 bits per heavy atom. The van der Waals surface area contributed by atoms with Crippen LogP contribution in [0, 0.1) is 0 Å². The van der Waals surface area contributed by atoms with E-state index in [1.165, 1.54) is 25.1 Å². The molecule has 0 N–H and O–H groups in total. The van der Waals surface area contributed by atoms with Gasteiger partial charge < -0.3 is 23.7 Å². The molecule has 0 saturated heterocycles. The maximum absolute atomic E-state index is 5.87. The lowest BCUT2D eigenvalue weighted by Crippen LogP contribution is -2.12. The van der Waals surface area contributed by atoms with E-state index in [1.54, 1.807) is 36.9 Å². The number of hydrogen-bond acceptors (Lipinski definition) is 8. The first-order valence-corrected chi connectivity index (χ1v) is 14.2. The van der Waals surface area contributed by atoms with Gasteiger partial charge in [0.1, 0.15) is 6.61 Å². The summed E-state index contributed by atoms with van der Waals surface area (Å²) in [7, 11) is 3.31. The van der Waals surface area contributed by atoms with Crippen LogP contribution in [0.5, 0.6) is 11.5 Å². The molecule has 5 nitrogen and oxygen atoms in total. The van der Waals surface area contributed by atoms with Crippen LogP contribution >= 0.6 is 34.0 Å². The molecule has 8 heteroatoms. The maximum Gasteiger partial charge on any atom is 0.161 e. The van der Waals surface area contributed by atoms with Gasteiger partial charge in [-0.25, -0.2) is 0 Å². The van der Waals surface area contributed by atoms with Gasteiger partial charge in [-0.3, -0.25) is 0 Å². The first kappa shape index (κ1) is 26.6. The molecule has 4 rings (SSSR count). The lowest BCUT2D eigenvalue weighted by Gasteiger charge is -2.12. The molecule has 0 unspecified atom stereocenters. The molecule has 1 aromatic carbocycles. The van der Waals surface area contributed by atoms with Gasteiger partial charge in [-0.15, -0.1) is 34.0 Å². The monoisotopic (exact) mass is 542 g/mol. The standard InChI is InChI=1S/C28H30O5S3/c1-29-11-12-31-13-14-32-15-16-33-23-10-8-21(19-24(23)30-2)7-9-22-20-27(25-5-3-17-34-25)36-28(22)26-6-4-18-35-26/h3-10,17-20H,11-16H2,1-2H3/b9-7+. The van der Waals surface area contributed by atoms with Gasteiger partial charge in [0.05, 0.1) is 45.0 Å². The van der Waals surface area contributed by atoms with Crippen LogP contribution in [0.3, 0.4) is 0 Å². The van der Waals surface area contributed by atoms with Crippen molar-refractivity contribution in [3.63, 3.8) is 0 Å². The summed E-state index contributed by atoms with van der Waals surface area (Å²) in [6.07, 6.45) is 4.30. The van der Waals surface area contributed by atoms with Crippen LogP contribution in [0.15, 0.2) is 59.3 Å². The Kier molecular flexibility index (Phi) is 10.6.